The minimum atomic E-state index is -0.514. The molecule has 0 aliphatic heterocycles. The largest absolute Gasteiger partial charge is 0.317 e. The normalized spacial score (nSPS) is 10.7. The van der Waals surface area contributed by atoms with Gasteiger partial charge in [-0.25, -0.2) is 10.1 Å². The van der Waals surface area contributed by atoms with E-state index in [2.05, 4.69) is 30.8 Å². The van der Waals surface area contributed by atoms with Crippen molar-refractivity contribution in [1.29, 1.82) is 0 Å². The molecule has 1 aromatic heterocycles. The summed E-state index contributed by atoms with van der Waals surface area (Å²) in [7, 11) is 0. The number of amides is 2. The number of hydrazone groups is 1. The molecule has 0 aliphatic rings. The molecule has 0 atom stereocenters. The second-order valence-electron chi connectivity index (χ2n) is 5.91. The second kappa shape index (κ2) is 8.05. The number of aromatic nitrogens is 2. The summed E-state index contributed by atoms with van der Waals surface area (Å²) >= 11 is 0. The summed E-state index contributed by atoms with van der Waals surface area (Å²) in [6.07, 6.45) is 1.47. The molecule has 27 heavy (non-hydrogen) atoms. The number of carbonyl (C=O) groups excluding carboxylic acids is 2. The zero-order chi connectivity index (χ0) is 19.2. The van der Waals surface area contributed by atoms with E-state index in [1.807, 2.05) is 6.07 Å². The van der Waals surface area contributed by atoms with Gasteiger partial charge in [0.2, 0.25) is 0 Å². The number of rotatable bonds is 5. The highest BCUT2D eigenvalue weighted by molar-refractivity contribution is 6.03. The Morgan fingerprint density at radius 1 is 1.04 bits per heavy atom. The van der Waals surface area contributed by atoms with Gasteiger partial charge in [0.1, 0.15) is 16.7 Å². The summed E-state index contributed by atoms with van der Waals surface area (Å²) < 4.78 is 4.63. The summed E-state index contributed by atoms with van der Waals surface area (Å²) in [5, 5.41) is 14.0. The molecule has 0 fully saturated rings. The van der Waals surface area contributed by atoms with E-state index in [9.17, 15) is 9.59 Å². The summed E-state index contributed by atoms with van der Waals surface area (Å²) in [6.45, 7) is 3.46. The number of nitrogens with zero attached hydrogens (tertiary/aromatic N) is 3. The zero-order valence-electron chi connectivity index (χ0n) is 14.8. The van der Waals surface area contributed by atoms with Crippen LogP contribution in [0.4, 0.5) is 0 Å². The average Bonchev–Trinajstić information content (AvgIpc) is 3.14. The third-order valence-corrected chi connectivity index (χ3v) is 3.66. The molecule has 0 aliphatic carbocycles. The van der Waals surface area contributed by atoms with Gasteiger partial charge in [-0.05, 0) is 59.6 Å². The highest BCUT2D eigenvalue weighted by atomic mass is 16.6. The van der Waals surface area contributed by atoms with Crippen molar-refractivity contribution in [3.05, 3.63) is 70.9 Å². The zero-order valence-corrected chi connectivity index (χ0v) is 14.8. The average molecular weight is 363 g/mol. The quantitative estimate of drug-likeness (QED) is 0.411. The number of carbonyl (C=O) groups is 2. The highest BCUT2D eigenvalue weighted by Gasteiger charge is 2.15. The fraction of sp³-hybridized carbons (Fsp3) is 0.105. The number of hydrogen-bond donors (Lipinski definition) is 2. The number of hydrogen-bond acceptors (Lipinski definition) is 6. The molecule has 8 heteroatoms. The number of benzene rings is 2. The maximum Gasteiger partial charge on any atom is 0.287 e. The van der Waals surface area contributed by atoms with Crippen LogP contribution in [0.5, 0.6) is 0 Å². The van der Waals surface area contributed by atoms with Crippen molar-refractivity contribution in [3.8, 4) is 0 Å². The highest BCUT2D eigenvalue weighted by Crippen LogP contribution is 2.10. The Morgan fingerprint density at radius 3 is 2.52 bits per heavy atom. The molecule has 3 rings (SSSR count). The SMILES string of the molecule is CC(C)=C(NC(=O)c1ccccc1)C(=O)N/N=C\c1ccc2nonc2c1. The van der Waals surface area contributed by atoms with Crippen LogP contribution >= 0.6 is 0 Å². The summed E-state index contributed by atoms with van der Waals surface area (Å²) in [5.41, 5.74) is 5.61. The molecule has 0 radical (unpaired) electrons. The van der Waals surface area contributed by atoms with Crippen molar-refractivity contribution in [2.24, 2.45) is 5.10 Å². The Balaban J connectivity index is 1.66. The van der Waals surface area contributed by atoms with E-state index in [1.54, 1.807) is 56.3 Å². The summed E-state index contributed by atoms with van der Waals surface area (Å²) in [4.78, 5) is 24.7. The van der Waals surface area contributed by atoms with Crippen LogP contribution in [0.1, 0.15) is 29.8 Å². The molecule has 0 saturated heterocycles. The van der Waals surface area contributed by atoms with Crippen LogP contribution < -0.4 is 10.7 Å². The van der Waals surface area contributed by atoms with Gasteiger partial charge in [0.25, 0.3) is 11.8 Å². The van der Waals surface area contributed by atoms with Crippen LogP contribution in [0.25, 0.3) is 11.0 Å². The maximum absolute atomic E-state index is 12.4. The van der Waals surface area contributed by atoms with Gasteiger partial charge >= 0.3 is 0 Å². The molecule has 2 amide bonds. The third-order valence-electron chi connectivity index (χ3n) is 3.66. The molecule has 2 N–H and O–H groups in total. The van der Waals surface area contributed by atoms with E-state index in [4.69, 9.17) is 0 Å². The molecule has 2 aromatic carbocycles. The Labute approximate surface area is 154 Å². The molecule has 0 unspecified atom stereocenters. The fourth-order valence-corrected chi connectivity index (χ4v) is 2.28. The van der Waals surface area contributed by atoms with Crippen LogP contribution in [-0.2, 0) is 4.79 Å². The number of nitrogens with one attached hydrogen (secondary N) is 2. The van der Waals surface area contributed by atoms with E-state index in [0.717, 1.165) is 0 Å². The lowest BCUT2D eigenvalue weighted by atomic mass is 10.2. The molecule has 136 valence electrons. The summed E-state index contributed by atoms with van der Waals surface area (Å²) in [6, 6.07) is 13.9. The topological polar surface area (TPSA) is 109 Å². The van der Waals surface area contributed by atoms with Gasteiger partial charge in [-0.15, -0.1) is 0 Å². The Morgan fingerprint density at radius 2 is 1.78 bits per heavy atom. The standard InChI is InChI=1S/C19H17N5O3/c1-12(2)17(21-18(25)14-6-4-3-5-7-14)19(26)22-20-11-13-8-9-15-16(10-13)24-27-23-15/h3-11H,1-2H3,(H,21,25)(H,22,26)/b20-11-. The van der Waals surface area contributed by atoms with E-state index in [0.29, 0.717) is 27.7 Å². The first-order chi connectivity index (χ1) is 13.0. The van der Waals surface area contributed by atoms with Crippen LogP contribution in [-0.4, -0.2) is 28.3 Å². The van der Waals surface area contributed by atoms with Crippen molar-refractivity contribution in [2.45, 2.75) is 13.8 Å². The van der Waals surface area contributed by atoms with E-state index >= 15 is 0 Å². The van der Waals surface area contributed by atoms with Crippen LogP contribution in [0.3, 0.4) is 0 Å². The van der Waals surface area contributed by atoms with Gasteiger partial charge in [0.05, 0.1) is 6.21 Å². The lowest BCUT2D eigenvalue weighted by Crippen LogP contribution is -2.33. The molecule has 0 saturated carbocycles. The van der Waals surface area contributed by atoms with Gasteiger partial charge in [0.15, 0.2) is 0 Å². The Bertz CT molecular complexity index is 1030. The Kier molecular flexibility index (Phi) is 5.36. The first-order valence-electron chi connectivity index (χ1n) is 8.14. The van der Waals surface area contributed by atoms with E-state index < -0.39 is 5.91 Å². The van der Waals surface area contributed by atoms with Crippen LogP contribution in [0.2, 0.25) is 0 Å². The molecular weight excluding hydrogens is 346 g/mol. The minimum absolute atomic E-state index is 0.150. The summed E-state index contributed by atoms with van der Waals surface area (Å²) in [5.74, 6) is -0.880. The van der Waals surface area contributed by atoms with Crippen molar-refractivity contribution in [3.63, 3.8) is 0 Å². The van der Waals surface area contributed by atoms with Gasteiger partial charge < -0.3 is 5.32 Å². The lowest BCUT2D eigenvalue weighted by Gasteiger charge is -2.10. The van der Waals surface area contributed by atoms with Gasteiger partial charge in [-0.2, -0.15) is 5.10 Å². The number of allylic oxidation sites excluding steroid dienone is 1. The van der Waals surface area contributed by atoms with Gasteiger partial charge in [-0.1, -0.05) is 24.3 Å². The molecule has 0 spiro atoms. The van der Waals surface area contributed by atoms with Crippen molar-refractivity contribution in [1.82, 2.24) is 21.1 Å². The molecular formula is C19H17N5O3. The molecule has 8 nitrogen and oxygen atoms in total. The number of fused-ring (bicyclic) bond motifs is 1. The van der Waals surface area contributed by atoms with Crippen molar-refractivity contribution < 1.29 is 14.2 Å². The van der Waals surface area contributed by atoms with Gasteiger partial charge in [0, 0.05) is 5.56 Å². The Hall–Kier alpha value is -3.81. The lowest BCUT2D eigenvalue weighted by molar-refractivity contribution is -0.117. The van der Waals surface area contributed by atoms with Crippen LogP contribution in [0.15, 0.2) is 69.5 Å². The first kappa shape index (κ1) is 18.0. The predicted octanol–water partition coefficient (Wildman–Crippen LogP) is 2.40. The van der Waals surface area contributed by atoms with E-state index in [-0.39, 0.29) is 11.6 Å². The maximum atomic E-state index is 12.4. The molecule has 1 heterocycles. The predicted molar refractivity (Wildman–Crippen MR) is 99.8 cm³/mol. The van der Waals surface area contributed by atoms with Crippen LogP contribution in [0, 0.1) is 0 Å². The first-order valence-corrected chi connectivity index (χ1v) is 8.14. The second-order valence-corrected chi connectivity index (χ2v) is 5.91. The van der Waals surface area contributed by atoms with Crippen molar-refractivity contribution >= 4 is 29.1 Å². The fourth-order valence-electron chi connectivity index (χ4n) is 2.28. The smallest absolute Gasteiger partial charge is 0.287 e. The van der Waals surface area contributed by atoms with E-state index in [1.165, 1.54) is 6.21 Å². The minimum Gasteiger partial charge on any atom is -0.317 e. The van der Waals surface area contributed by atoms with Crippen molar-refractivity contribution in [2.75, 3.05) is 0 Å². The third kappa shape index (κ3) is 4.43. The van der Waals surface area contributed by atoms with Gasteiger partial charge in [-0.3, -0.25) is 9.59 Å². The monoisotopic (exact) mass is 363 g/mol. The molecule has 0 bridgehead atoms. The molecule has 3 aromatic rings.